The van der Waals surface area contributed by atoms with Crippen molar-refractivity contribution >= 4 is 0 Å². The average molecular weight is 217 g/mol. The van der Waals surface area contributed by atoms with Gasteiger partial charge in [0.2, 0.25) is 0 Å². The summed E-state index contributed by atoms with van der Waals surface area (Å²) in [4.78, 5) is 0. The molecule has 0 bridgehead atoms. The van der Waals surface area contributed by atoms with Gasteiger partial charge >= 0.3 is 0 Å². The highest BCUT2D eigenvalue weighted by molar-refractivity contribution is 5.54. The molecule has 0 heterocycles. The van der Waals surface area contributed by atoms with Crippen LogP contribution in [-0.2, 0) is 18.4 Å². The van der Waals surface area contributed by atoms with Gasteiger partial charge in [-0.15, -0.1) is 0 Å². The van der Waals surface area contributed by atoms with Crippen LogP contribution in [0.1, 0.15) is 47.9 Å². The first-order chi connectivity index (χ1) is 7.62. The Labute approximate surface area is 96.5 Å². The van der Waals surface area contributed by atoms with Gasteiger partial charge in [0.15, 0.2) is 0 Å². The quantitative estimate of drug-likeness (QED) is 0.759. The first-order valence-corrected chi connectivity index (χ1v) is 6.25. The normalized spacial score (nSPS) is 21.6. The summed E-state index contributed by atoms with van der Waals surface area (Å²) < 4.78 is 0. The molecule has 2 aliphatic carbocycles. The molecule has 0 aromatic heterocycles. The number of nitrogens with two attached hydrogens (primary N) is 1. The highest BCUT2D eigenvalue weighted by atomic mass is 16.3. The van der Waals surface area contributed by atoms with Gasteiger partial charge in [-0.1, -0.05) is 0 Å². The van der Waals surface area contributed by atoms with Crippen LogP contribution < -0.4 is 5.73 Å². The van der Waals surface area contributed by atoms with Gasteiger partial charge in [-0.3, -0.25) is 0 Å². The number of phenols is 1. The Kier molecular flexibility index (Phi) is 2.05. The van der Waals surface area contributed by atoms with E-state index in [1.807, 2.05) is 6.07 Å². The number of aryl methyl sites for hydroxylation is 1. The third-order valence-corrected chi connectivity index (χ3v) is 4.14. The molecule has 1 aromatic rings. The molecule has 1 saturated carbocycles. The van der Waals surface area contributed by atoms with Crippen LogP contribution in [0.3, 0.4) is 0 Å². The van der Waals surface area contributed by atoms with Crippen LogP contribution in [0, 0.1) is 6.92 Å². The summed E-state index contributed by atoms with van der Waals surface area (Å²) in [6, 6.07) is 1.91. The maximum Gasteiger partial charge on any atom is 0.121 e. The van der Waals surface area contributed by atoms with Gasteiger partial charge in [0.05, 0.1) is 0 Å². The van der Waals surface area contributed by atoms with Gasteiger partial charge in [0, 0.05) is 11.1 Å². The summed E-state index contributed by atoms with van der Waals surface area (Å²) in [5.41, 5.74) is 11.2. The highest BCUT2D eigenvalue weighted by Gasteiger charge is 2.44. The smallest absolute Gasteiger partial charge is 0.121 e. The number of phenolic OH excluding ortho intramolecular Hbond substituents is 1. The summed E-state index contributed by atoms with van der Waals surface area (Å²) in [7, 11) is 0. The average Bonchev–Trinajstić information content (AvgIpc) is 2.97. The monoisotopic (exact) mass is 217 g/mol. The van der Waals surface area contributed by atoms with Crippen molar-refractivity contribution in [3.05, 3.63) is 28.3 Å². The zero-order valence-electron chi connectivity index (χ0n) is 9.84. The SMILES string of the molecule is Cc1cc(O)c(C2(N)CC2)c2c1CCCC2. The van der Waals surface area contributed by atoms with E-state index in [9.17, 15) is 5.11 Å². The fourth-order valence-electron chi connectivity index (χ4n) is 3.08. The highest BCUT2D eigenvalue weighted by Crippen LogP contribution is 2.50. The van der Waals surface area contributed by atoms with Crippen molar-refractivity contribution in [1.82, 2.24) is 0 Å². The van der Waals surface area contributed by atoms with Crippen LogP contribution >= 0.6 is 0 Å². The molecule has 3 rings (SSSR count). The molecule has 16 heavy (non-hydrogen) atoms. The summed E-state index contributed by atoms with van der Waals surface area (Å²) in [5, 5.41) is 10.1. The molecular weight excluding hydrogens is 198 g/mol. The van der Waals surface area contributed by atoms with E-state index in [0.29, 0.717) is 5.75 Å². The van der Waals surface area contributed by atoms with Gasteiger partial charge in [-0.25, -0.2) is 0 Å². The molecule has 0 amide bonds. The number of rotatable bonds is 1. The lowest BCUT2D eigenvalue weighted by Gasteiger charge is -2.25. The Morgan fingerprint density at radius 2 is 1.81 bits per heavy atom. The predicted octanol–water partition coefficient (Wildman–Crippen LogP) is 2.53. The van der Waals surface area contributed by atoms with Crippen molar-refractivity contribution in [2.75, 3.05) is 0 Å². The number of aromatic hydroxyl groups is 1. The molecule has 1 aromatic carbocycles. The lowest BCUT2D eigenvalue weighted by molar-refractivity contribution is 0.455. The Hall–Kier alpha value is -1.02. The van der Waals surface area contributed by atoms with E-state index in [1.54, 1.807) is 0 Å². The van der Waals surface area contributed by atoms with Crippen LogP contribution in [0.2, 0.25) is 0 Å². The minimum absolute atomic E-state index is 0.209. The number of benzene rings is 1. The van der Waals surface area contributed by atoms with Gasteiger partial charge < -0.3 is 10.8 Å². The molecule has 0 atom stereocenters. The fraction of sp³-hybridized carbons (Fsp3) is 0.571. The van der Waals surface area contributed by atoms with E-state index in [2.05, 4.69) is 6.92 Å². The predicted molar refractivity (Wildman–Crippen MR) is 64.6 cm³/mol. The van der Waals surface area contributed by atoms with Crippen molar-refractivity contribution in [3.8, 4) is 5.75 Å². The summed E-state index contributed by atoms with van der Waals surface area (Å²) >= 11 is 0. The first-order valence-electron chi connectivity index (χ1n) is 6.25. The number of fused-ring (bicyclic) bond motifs is 1. The van der Waals surface area contributed by atoms with E-state index in [4.69, 9.17) is 5.73 Å². The maximum absolute atomic E-state index is 10.1. The summed E-state index contributed by atoms with van der Waals surface area (Å²) in [6.07, 6.45) is 6.81. The standard InChI is InChI=1S/C14H19NO/c1-9-8-12(16)13(14(15)6-7-14)11-5-3-2-4-10(9)11/h8,16H,2-7,15H2,1H3. The number of hydrogen-bond donors (Lipinski definition) is 2. The molecule has 0 unspecified atom stereocenters. The molecule has 1 fully saturated rings. The van der Waals surface area contributed by atoms with Crippen molar-refractivity contribution in [2.24, 2.45) is 5.73 Å². The Bertz CT molecular complexity index is 447. The van der Waals surface area contributed by atoms with Crippen LogP contribution in [0.5, 0.6) is 5.75 Å². The molecule has 2 aliphatic rings. The van der Waals surface area contributed by atoms with E-state index < -0.39 is 0 Å². The van der Waals surface area contributed by atoms with Crippen LogP contribution in [0.4, 0.5) is 0 Å². The van der Waals surface area contributed by atoms with Gasteiger partial charge in [0.1, 0.15) is 5.75 Å². The zero-order valence-corrected chi connectivity index (χ0v) is 9.84. The maximum atomic E-state index is 10.1. The van der Waals surface area contributed by atoms with E-state index in [1.165, 1.54) is 29.5 Å². The third kappa shape index (κ3) is 1.36. The van der Waals surface area contributed by atoms with Crippen molar-refractivity contribution < 1.29 is 5.11 Å². The first kappa shape index (κ1) is 10.2. The molecular formula is C14H19NO. The lowest BCUT2D eigenvalue weighted by atomic mass is 9.82. The van der Waals surface area contributed by atoms with E-state index in [0.717, 1.165) is 31.2 Å². The summed E-state index contributed by atoms with van der Waals surface area (Å²) in [6.45, 7) is 2.10. The number of hydrogen-bond acceptors (Lipinski definition) is 2. The Morgan fingerprint density at radius 1 is 1.19 bits per heavy atom. The zero-order chi connectivity index (χ0) is 11.3. The van der Waals surface area contributed by atoms with E-state index >= 15 is 0 Å². The largest absolute Gasteiger partial charge is 0.508 e. The van der Waals surface area contributed by atoms with Crippen LogP contribution in [-0.4, -0.2) is 5.11 Å². The van der Waals surface area contributed by atoms with Crippen molar-refractivity contribution in [1.29, 1.82) is 0 Å². The summed E-state index contributed by atoms with van der Waals surface area (Å²) in [5.74, 6) is 0.429. The van der Waals surface area contributed by atoms with Gasteiger partial charge in [-0.2, -0.15) is 0 Å². The fourth-order valence-corrected chi connectivity index (χ4v) is 3.08. The second-order valence-corrected chi connectivity index (χ2v) is 5.41. The molecule has 3 N–H and O–H groups in total. The molecule has 0 spiro atoms. The minimum atomic E-state index is -0.209. The van der Waals surface area contributed by atoms with Crippen molar-refractivity contribution in [2.45, 2.75) is 51.0 Å². The van der Waals surface area contributed by atoms with Crippen LogP contribution in [0.15, 0.2) is 6.07 Å². The Morgan fingerprint density at radius 3 is 2.44 bits per heavy atom. The molecule has 2 nitrogen and oxygen atoms in total. The second-order valence-electron chi connectivity index (χ2n) is 5.41. The van der Waals surface area contributed by atoms with Crippen molar-refractivity contribution in [3.63, 3.8) is 0 Å². The third-order valence-electron chi connectivity index (χ3n) is 4.14. The van der Waals surface area contributed by atoms with Gasteiger partial charge in [0.25, 0.3) is 0 Å². The minimum Gasteiger partial charge on any atom is -0.508 e. The van der Waals surface area contributed by atoms with Crippen LogP contribution in [0.25, 0.3) is 0 Å². The topological polar surface area (TPSA) is 46.2 Å². The Balaban J connectivity index is 2.23. The van der Waals surface area contributed by atoms with E-state index in [-0.39, 0.29) is 5.54 Å². The molecule has 0 radical (unpaired) electrons. The second kappa shape index (κ2) is 3.24. The van der Waals surface area contributed by atoms with Gasteiger partial charge in [-0.05, 0) is 68.2 Å². The molecule has 86 valence electrons. The molecule has 2 heteroatoms. The molecule has 0 aliphatic heterocycles. The molecule has 0 saturated heterocycles. The lowest BCUT2D eigenvalue weighted by Crippen LogP contribution is -2.23.